The highest BCUT2D eigenvalue weighted by Gasteiger charge is 2.13. The number of rotatable bonds is 8. The molecule has 0 bridgehead atoms. The predicted octanol–water partition coefficient (Wildman–Crippen LogP) is 3.05. The summed E-state index contributed by atoms with van der Waals surface area (Å²) in [7, 11) is 0. The molecule has 122 valence electrons. The van der Waals surface area contributed by atoms with Gasteiger partial charge in [0, 0.05) is 30.3 Å². The summed E-state index contributed by atoms with van der Waals surface area (Å²) in [6.07, 6.45) is 0.495. The molecule has 22 heavy (non-hydrogen) atoms. The fourth-order valence-corrected chi connectivity index (χ4v) is 1.99. The number of carbonyl (C=O) groups excluding carboxylic acids is 1. The van der Waals surface area contributed by atoms with E-state index in [9.17, 15) is 9.59 Å². The number of nitrogens with one attached hydrogen (secondary N) is 2. The first-order valence-corrected chi connectivity index (χ1v) is 7.69. The zero-order valence-corrected chi connectivity index (χ0v) is 13.8. The van der Waals surface area contributed by atoms with Crippen LogP contribution in [-0.4, -0.2) is 29.6 Å². The van der Waals surface area contributed by atoms with Crippen LogP contribution in [0, 0.1) is 12.8 Å². The molecule has 0 aromatic heterocycles. The normalized spacial score (nSPS) is 12.0. The fraction of sp³-hybridized carbons (Fsp3) is 0.529. The minimum absolute atomic E-state index is 0.0623. The molecule has 3 N–H and O–H groups in total. The summed E-state index contributed by atoms with van der Waals surface area (Å²) in [6.45, 7) is 8.69. The van der Waals surface area contributed by atoms with Gasteiger partial charge in [0.25, 0.3) is 5.91 Å². The van der Waals surface area contributed by atoms with Gasteiger partial charge in [-0.1, -0.05) is 19.9 Å². The van der Waals surface area contributed by atoms with Crippen molar-refractivity contribution >= 4 is 17.6 Å². The molecule has 1 aromatic carbocycles. The molecule has 0 fully saturated rings. The lowest BCUT2D eigenvalue weighted by molar-refractivity contribution is -0.137. The van der Waals surface area contributed by atoms with Crippen LogP contribution in [0.1, 0.15) is 49.5 Å². The van der Waals surface area contributed by atoms with E-state index in [-0.39, 0.29) is 12.3 Å². The standard InChI is InChI=1S/C17H26N2O3/c1-11(2)13(4)19-15-8-5-7-14(12(15)3)17(22)18-10-6-9-16(20)21/h5,7-8,11,13,19H,6,9-10H2,1-4H3,(H,18,22)(H,20,21). The van der Waals surface area contributed by atoms with Crippen LogP contribution in [0.5, 0.6) is 0 Å². The third-order valence-corrected chi connectivity index (χ3v) is 3.81. The third-order valence-electron chi connectivity index (χ3n) is 3.81. The smallest absolute Gasteiger partial charge is 0.303 e. The topological polar surface area (TPSA) is 78.4 Å². The highest BCUT2D eigenvalue weighted by Crippen LogP contribution is 2.21. The SMILES string of the molecule is Cc1c(NC(C)C(C)C)cccc1C(=O)NCCCC(=O)O. The van der Waals surface area contributed by atoms with Crippen LogP contribution in [0.3, 0.4) is 0 Å². The number of hydrogen-bond acceptors (Lipinski definition) is 3. The summed E-state index contributed by atoms with van der Waals surface area (Å²) >= 11 is 0. The fourth-order valence-electron chi connectivity index (χ4n) is 1.99. The lowest BCUT2D eigenvalue weighted by Gasteiger charge is -2.21. The van der Waals surface area contributed by atoms with Gasteiger partial charge >= 0.3 is 5.97 Å². The largest absolute Gasteiger partial charge is 0.481 e. The number of carboxylic acid groups (broad SMARTS) is 1. The molecule has 1 rings (SSSR count). The van der Waals surface area contributed by atoms with Gasteiger partial charge in [0.05, 0.1) is 0 Å². The van der Waals surface area contributed by atoms with Crippen molar-refractivity contribution in [3.63, 3.8) is 0 Å². The minimum Gasteiger partial charge on any atom is -0.481 e. The van der Waals surface area contributed by atoms with Crippen LogP contribution in [0.2, 0.25) is 0 Å². The molecule has 0 spiro atoms. The van der Waals surface area contributed by atoms with Gasteiger partial charge in [-0.3, -0.25) is 9.59 Å². The van der Waals surface area contributed by atoms with Gasteiger partial charge in [0.15, 0.2) is 0 Å². The van der Waals surface area contributed by atoms with Crippen LogP contribution >= 0.6 is 0 Å². The maximum atomic E-state index is 12.2. The van der Waals surface area contributed by atoms with Crippen molar-refractivity contribution in [3.8, 4) is 0 Å². The van der Waals surface area contributed by atoms with Crippen LogP contribution in [0.15, 0.2) is 18.2 Å². The molecule has 0 heterocycles. The van der Waals surface area contributed by atoms with Crippen LogP contribution in [-0.2, 0) is 4.79 Å². The molecular formula is C17H26N2O3. The maximum Gasteiger partial charge on any atom is 0.303 e. The van der Waals surface area contributed by atoms with E-state index in [2.05, 4.69) is 31.4 Å². The van der Waals surface area contributed by atoms with Gasteiger partial charge in [0.2, 0.25) is 0 Å². The van der Waals surface area contributed by atoms with Crippen LogP contribution in [0.25, 0.3) is 0 Å². The van der Waals surface area contributed by atoms with Crippen molar-refractivity contribution in [1.29, 1.82) is 0 Å². The summed E-state index contributed by atoms with van der Waals surface area (Å²) in [4.78, 5) is 22.6. The van der Waals surface area contributed by atoms with Gasteiger partial charge < -0.3 is 15.7 Å². The Morgan fingerprint density at radius 2 is 1.91 bits per heavy atom. The highest BCUT2D eigenvalue weighted by atomic mass is 16.4. The molecule has 0 saturated carbocycles. The molecule has 0 radical (unpaired) electrons. The highest BCUT2D eigenvalue weighted by molar-refractivity contribution is 5.97. The number of aliphatic carboxylic acids is 1. The summed E-state index contributed by atoms with van der Waals surface area (Å²) < 4.78 is 0. The van der Waals surface area contributed by atoms with E-state index in [1.807, 2.05) is 19.1 Å². The molecule has 0 aliphatic carbocycles. The van der Waals surface area contributed by atoms with Crippen molar-refractivity contribution in [2.24, 2.45) is 5.92 Å². The molecular weight excluding hydrogens is 280 g/mol. The Hall–Kier alpha value is -2.04. The molecule has 1 amide bonds. The second kappa shape index (κ2) is 8.41. The average molecular weight is 306 g/mol. The van der Waals surface area contributed by atoms with E-state index in [0.29, 0.717) is 30.5 Å². The number of carbonyl (C=O) groups is 2. The zero-order valence-electron chi connectivity index (χ0n) is 13.8. The third kappa shape index (κ3) is 5.39. The number of benzene rings is 1. The van der Waals surface area contributed by atoms with Crippen LogP contribution in [0.4, 0.5) is 5.69 Å². The molecule has 0 aliphatic rings. The Balaban J connectivity index is 2.70. The maximum absolute atomic E-state index is 12.2. The van der Waals surface area contributed by atoms with Gasteiger partial charge in [0.1, 0.15) is 0 Å². The van der Waals surface area contributed by atoms with Crippen molar-refractivity contribution in [2.75, 3.05) is 11.9 Å². The van der Waals surface area contributed by atoms with Crippen LogP contribution < -0.4 is 10.6 Å². The molecule has 1 aromatic rings. The molecule has 5 heteroatoms. The molecule has 0 aliphatic heterocycles. The Kier molecular flexibility index (Phi) is 6.89. The first-order chi connectivity index (χ1) is 10.3. The molecule has 1 atom stereocenters. The van der Waals surface area contributed by atoms with Crippen molar-refractivity contribution in [1.82, 2.24) is 5.32 Å². The lowest BCUT2D eigenvalue weighted by Crippen LogP contribution is -2.26. The van der Waals surface area contributed by atoms with Crippen molar-refractivity contribution in [2.45, 2.75) is 46.6 Å². The van der Waals surface area contributed by atoms with Gasteiger partial charge in [-0.25, -0.2) is 0 Å². The second-order valence-corrected chi connectivity index (χ2v) is 5.91. The number of carboxylic acids is 1. The lowest BCUT2D eigenvalue weighted by atomic mass is 10.0. The zero-order chi connectivity index (χ0) is 16.7. The Morgan fingerprint density at radius 1 is 1.23 bits per heavy atom. The second-order valence-electron chi connectivity index (χ2n) is 5.91. The number of anilines is 1. The molecule has 1 unspecified atom stereocenters. The summed E-state index contributed by atoms with van der Waals surface area (Å²) in [6, 6.07) is 5.92. The van der Waals surface area contributed by atoms with Gasteiger partial charge in [-0.05, 0) is 43.9 Å². The number of amides is 1. The van der Waals surface area contributed by atoms with E-state index in [0.717, 1.165) is 11.3 Å². The Bertz CT molecular complexity index is 527. The van der Waals surface area contributed by atoms with Crippen molar-refractivity contribution < 1.29 is 14.7 Å². The Labute approximate surface area is 132 Å². The van der Waals surface area contributed by atoms with E-state index in [1.54, 1.807) is 6.07 Å². The van der Waals surface area contributed by atoms with E-state index in [4.69, 9.17) is 5.11 Å². The molecule has 5 nitrogen and oxygen atoms in total. The first kappa shape index (κ1) is 18.0. The van der Waals surface area contributed by atoms with E-state index >= 15 is 0 Å². The molecule has 0 saturated heterocycles. The summed E-state index contributed by atoms with van der Waals surface area (Å²) in [5.74, 6) is -0.518. The van der Waals surface area contributed by atoms with Gasteiger partial charge in [-0.2, -0.15) is 0 Å². The summed E-state index contributed by atoms with van der Waals surface area (Å²) in [5.41, 5.74) is 2.49. The van der Waals surface area contributed by atoms with E-state index < -0.39 is 5.97 Å². The quantitative estimate of drug-likeness (QED) is 0.645. The first-order valence-electron chi connectivity index (χ1n) is 7.69. The Morgan fingerprint density at radius 3 is 2.50 bits per heavy atom. The monoisotopic (exact) mass is 306 g/mol. The van der Waals surface area contributed by atoms with Gasteiger partial charge in [-0.15, -0.1) is 0 Å². The average Bonchev–Trinajstić information content (AvgIpc) is 2.45. The van der Waals surface area contributed by atoms with Crippen molar-refractivity contribution in [3.05, 3.63) is 29.3 Å². The van der Waals surface area contributed by atoms with E-state index in [1.165, 1.54) is 0 Å². The minimum atomic E-state index is -0.848. The summed E-state index contributed by atoms with van der Waals surface area (Å²) in [5, 5.41) is 14.8. The number of hydrogen-bond donors (Lipinski definition) is 3. The predicted molar refractivity (Wildman–Crippen MR) is 88.3 cm³/mol.